The van der Waals surface area contributed by atoms with Crippen molar-refractivity contribution in [1.29, 1.82) is 15.8 Å². The largest absolute Gasteiger partial charge is 0.318 e. The highest BCUT2D eigenvalue weighted by Gasteiger charge is 2.34. The average Bonchev–Trinajstić information content (AvgIpc) is 3.13. The quantitative estimate of drug-likeness (QED) is 0.874. The molecule has 1 aliphatic rings. The second kappa shape index (κ2) is 5.33. The molecular formula is C14H16N6. The normalized spacial score (nSPS) is 18.4. The van der Waals surface area contributed by atoms with E-state index < -0.39 is 5.54 Å². The average molecular weight is 268 g/mol. The lowest BCUT2D eigenvalue weighted by atomic mass is 9.94. The minimum Gasteiger partial charge on any atom is -0.318 e. The lowest BCUT2D eigenvalue weighted by molar-refractivity contribution is 0.344. The molecule has 2 unspecified atom stereocenters. The predicted octanol–water partition coefficient (Wildman–Crippen LogP) is 1.61. The van der Waals surface area contributed by atoms with Gasteiger partial charge in [0.15, 0.2) is 11.4 Å². The van der Waals surface area contributed by atoms with Crippen molar-refractivity contribution in [2.75, 3.05) is 0 Å². The maximum atomic E-state index is 9.38. The topological polar surface area (TPSA) is 101 Å². The molecule has 6 nitrogen and oxygen atoms in total. The van der Waals surface area contributed by atoms with Gasteiger partial charge >= 0.3 is 0 Å². The summed E-state index contributed by atoms with van der Waals surface area (Å²) in [5, 5.41) is 30.8. The minimum atomic E-state index is -0.635. The number of rotatable bonds is 5. The predicted molar refractivity (Wildman–Crippen MR) is 71.2 cm³/mol. The van der Waals surface area contributed by atoms with Crippen LogP contribution in [-0.2, 0) is 0 Å². The summed E-state index contributed by atoms with van der Waals surface area (Å²) in [7, 11) is 0. The van der Waals surface area contributed by atoms with Crippen molar-refractivity contribution >= 4 is 0 Å². The van der Waals surface area contributed by atoms with E-state index in [1.165, 1.54) is 6.33 Å². The second-order valence-corrected chi connectivity index (χ2v) is 5.49. The molecule has 1 aliphatic carbocycles. The molecule has 1 N–H and O–H groups in total. The third-order valence-corrected chi connectivity index (χ3v) is 3.53. The molecule has 6 heteroatoms. The van der Waals surface area contributed by atoms with Crippen LogP contribution in [0.1, 0.15) is 50.5 Å². The van der Waals surface area contributed by atoms with Crippen LogP contribution in [0.15, 0.2) is 6.33 Å². The van der Waals surface area contributed by atoms with E-state index in [0.29, 0.717) is 12.5 Å². The Morgan fingerprint density at radius 1 is 1.45 bits per heavy atom. The molecule has 0 aliphatic heterocycles. The van der Waals surface area contributed by atoms with E-state index in [-0.39, 0.29) is 17.4 Å². The molecule has 0 aromatic carbocycles. The number of nitrogens with one attached hydrogen (secondary N) is 1. The zero-order chi connectivity index (χ0) is 14.8. The third kappa shape index (κ3) is 2.79. The van der Waals surface area contributed by atoms with Gasteiger partial charge in [-0.05, 0) is 33.1 Å². The van der Waals surface area contributed by atoms with Crippen LogP contribution in [0.2, 0.25) is 0 Å². The summed E-state index contributed by atoms with van der Waals surface area (Å²) in [5.74, 6) is 0. The molecule has 102 valence electrons. The highest BCUT2D eigenvalue weighted by molar-refractivity contribution is 5.36. The minimum absolute atomic E-state index is 0.0878. The Kier molecular flexibility index (Phi) is 3.74. The Labute approximate surface area is 118 Å². The first-order valence-electron chi connectivity index (χ1n) is 6.59. The molecule has 2 atom stereocenters. The molecule has 0 radical (unpaired) electrons. The number of hydrogen-bond donors (Lipinski definition) is 1. The van der Waals surface area contributed by atoms with Gasteiger partial charge in [-0.3, -0.25) is 5.32 Å². The van der Waals surface area contributed by atoms with E-state index in [2.05, 4.69) is 16.4 Å². The van der Waals surface area contributed by atoms with Crippen molar-refractivity contribution in [3.63, 3.8) is 0 Å². The molecule has 2 rings (SSSR count). The molecule has 20 heavy (non-hydrogen) atoms. The van der Waals surface area contributed by atoms with Gasteiger partial charge in [-0.1, -0.05) is 0 Å². The zero-order valence-electron chi connectivity index (χ0n) is 11.6. The van der Waals surface area contributed by atoms with E-state index >= 15 is 0 Å². The molecule has 0 spiro atoms. The van der Waals surface area contributed by atoms with Crippen molar-refractivity contribution in [3.05, 3.63) is 17.7 Å². The Morgan fingerprint density at radius 2 is 2.15 bits per heavy atom. The lowest BCUT2D eigenvalue weighted by Gasteiger charge is -2.27. The second-order valence-electron chi connectivity index (χ2n) is 5.49. The van der Waals surface area contributed by atoms with Gasteiger partial charge in [-0.25, -0.2) is 4.98 Å². The number of nitrogens with zero attached hydrogens (tertiary/aromatic N) is 5. The first-order valence-corrected chi connectivity index (χ1v) is 6.59. The third-order valence-electron chi connectivity index (χ3n) is 3.53. The van der Waals surface area contributed by atoms with Gasteiger partial charge in [-0.2, -0.15) is 15.8 Å². The van der Waals surface area contributed by atoms with Crippen LogP contribution < -0.4 is 5.32 Å². The fourth-order valence-electron chi connectivity index (χ4n) is 2.39. The highest BCUT2D eigenvalue weighted by atomic mass is 15.1. The molecule has 1 saturated carbocycles. The molecule has 0 saturated heterocycles. The van der Waals surface area contributed by atoms with Gasteiger partial charge in [0.25, 0.3) is 0 Å². The van der Waals surface area contributed by atoms with Gasteiger partial charge < -0.3 is 4.57 Å². The maximum Gasteiger partial charge on any atom is 0.176 e. The number of hydrogen-bond acceptors (Lipinski definition) is 5. The van der Waals surface area contributed by atoms with E-state index in [4.69, 9.17) is 10.5 Å². The summed E-state index contributed by atoms with van der Waals surface area (Å²) in [6, 6.07) is 6.57. The lowest BCUT2D eigenvalue weighted by Crippen LogP contribution is -2.43. The first-order chi connectivity index (χ1) is 9.53. The van der Waals surface area contributed by atoms with Crippen LogP contribution in [0, 0.1) is 34.0 Å². The fraction of sp³-hybridized carbons (Fsp3) is 0.571. The molecular weight excluding hydrogens is 252 g/mol. The van der Waals surface area contributed by atoms with Crippen LogP contribution in [0.25, 0.3) is 0 Å². The Hall–Kier alpha value is -2.36. The summed E-state index contributed by atoms with van der Waals surface area (Å²) >= 11 is 0. The van der Waals surface area contributed by atoms with Gasteiger partial charge in [0, 0.05) is 12.1 Å². The van der Waals surface area contributed by atoms with Gasteiger partial charge in [-0.15, -0.1) is 0 Å². The van der Waals surface area contributed by atoms with Crippen molar-refractivity contribution in [3.8, 4) is 18.2 Å². The molecule has 1 fully saturated rings. The molecule has 1 heterocycles. The van der Waals surface area contributed by atoms with Crippen molar-refractivity contribution < 1.29 is 0 Å². The molecule has 0 bridgehead atoms. The highest BCUT2D eigenvalue weighted by Crippen LogP contribution is 2.28. The summed E-state index contributed by atoms with van der Waals surface area (Å²) in [6.45, 7) is 3.80. The Balaban J connectivity index is 2.17. The van der Waals surface area contributed by atoms with Crippen LogP contribution >= 0.6 is 0 Å². The summed E-state index contributed by atoms with van der Waals surface area (Å²) in [6.07, 6.45) is 4.27. The SMILES string of the molecule is CC(CC(C)(C#N)NC1CC1)n1cnc(C#N)c1C#N. The van der Waals surface area contributed by atoms with Crippen molar-refractivity contribution in [2.24, 2.45) is 0 Å². The Bertz CT molecular complexity index is 622. The Morgan fingerprint density at radius 3 is 2.65 bits per heavy atom. The first kappa shape index (κ1) is 14.1. The van der Waals surface area contributed by atoms with Crippen molar-refractivity contribution in [1.82, 2.24) is 14.9 Å². The number of imidazole rings is 1. The molecule has 1 aromatic rings. The van der Waals surface area contributed by atoms with E-state index in [0.717, 1.165) is 12.8 Å². The monoisotopic (exact) mass is 268 g/mol. The summed E-state index contributed by atoms with van der Waals surface area (Å²) < 4.78 is 1.67. The summed E-state index contributed by atoms with van der Waals surface area (Å²) in [5.41, 5.74) is -0.246. The van der Waals surface area contributed by atoms with Crippen LogP contribution in [0.3, 0.4) is 0 Å². The van der Waals surface area contributed by atoms with Crippen LogP contribution in [0.5, 0.6) is 0 Å². The maximum absolute atomic E-state index is 9.38. The summed E-state index contributed by atoms with van der Waals surface area (Å²) in [4.78, 5) is 3.93. The number of nitriles is 3. The van der Waals surface area contributed by atoms with Gasteiger partial charge in [0.05, 0.1) is 12.4 Å². The van der Waals surface area contributed by atoms with Crippen LogP contribution in [-0.4, -0.2) is 21.1 Å². The molecule has 1 aromatic heterocycles. The smallest absolute Gasteiger partial charge is 0.176 e. The zero-order valence-corrected chi connectivity index (χ0v) is 11.6. The van der Waals surface area contributed by atoms with E-state index in [1.54, 1.807) is 4.57 Å². The van der Waals surface area contributed by atoms with E-state index in [1.807, 2.05) is 26.0 Å². The van der Waals surface area contributed by atoms with Gasteiger partial charge in [0.2, 0.25) is 0 Å². The van der Waals surface area contributed by atoms with Crippen molar-refractivity contribution in [2.45, 2.75) is 50.7 Å². The standard InChI is InChI=1S/C14H16N6/c1-10(5-14(2,8-17)19-11-3-4-11)20-9-18-12(6-15)13(20)7-16/h9-11,19H,3-5H2,1-2H3. The van der Waals surface area contributed by atoms with Gasteiger partial charge in [0.1, 0.15) is 17.7 Å². The van der Waals surface area contributed by atoms with E-state index in [9.17, 15) is 5.26 Å². The molecule has 0 amide bonds. The number of aromatic nitrogens is 2. The fourth-order valence-corrected chi connectivity index (χ4v) is 2.39. The van der Waals surface area contributed by atoms with Crippen LogP contribution in [0.4, 0.5) is 0 Å².